The van der Waals surface area contributed by atoms with Crippen LogP contribution >= 0.6 is 0 Å². The van der Waals surface area contributed by atoms with Gasteiger partial charge in [0.2, 0.25) is 6.29 Å². The van der Waals surface area contributed by atoms with Crippen LogP contribution in [0.3, 0.4) is 0 Å². The van der Waals surface area contributed by atoms with Crippen LogP contribution in [0.25, 0.3) is 6.08 Å². The molecule has 0 aliphatic carbocycles. The summed E-state index contributed by atoms with van der Waals surface area (Å²) < 4.78 is 26.9. The standard InChI is InChI=1S/C36H30O21/c37-17-3-1-13(5-18(17)38)2-4-26(45)55-36-30(49)32(57-35(52)16-10-23(43)29(48)24(44)11-16)31(56-34(51)15-8-21(41)28(47)22(42)9-15)25(54-36)12-53-33(50)14-6-19(39)27(46)20(40)7-14/h1-11,25,30-32,36-44,46-49H,12H2. The van der Waals surface area contributed by atoms with Crippen molar-refractivity contribution in [3.8, 4) is 63.2 Å². The molecule has 300 valence electrons. The van der Waals surface area contributed by atoms with E-state index in [1.807, 2.05) is 0 Å². The Balaban J connectivity index is 1.52. The molecule has 1 heterocycles. The van der Waals surface area contributed by atoms with Crippen LogP contribution in [0.5, 0.6) is 63.2 Å². The highest BCUT2D eigenvalue weighted by Gasteiger charge is 2.52. The van der Waals surface area contributed by atoms with E-state index in [-0.39, 0.29) is 5.56 Å². The van der Waals surface area contributed by atoms with Crippen LogP contribution in [0, 0.1) is 0 Å². The summed E-state index contributed by atoms with van der Waals surface area (Å²) in [5, 5.41) is 119. The zero-order valence-corrected chi connectivity index (χ0v) is 28.5. The zero-order chi connectivity index (χ0) is 41.9. The maximum Gasteiger partial charge on any atom is 0.338 e. The van der Waals surface area contributed by atoms with Gasteiger partial charge >= 0.3 is 23.9 Å². The molecule has 12 N–H and O–H groups in total. The smallest absolute Gasteiger partial charge is 0.338 e. The number of rotatable bonds is 10. The van der Waals surface area contributed by atoms with Gasteiger partial charge in [0, 0.05) is 6.08 Å². The Morgan fingerprint density at radius 3 is 1.44 bits per heavy atom. The van der Waals surface area contributed by atoms with Gasteiger partial charge in [0.1, 0.15) is 12.7 Å². The lowest BCUT2D eigenvalue weighted by molar-refractivity contribution is -0.289. The molecular weight excluding hydrogens is 768 g/mol. The number of esters is 4. The first-order valence-electron chi connectivity index (χ1n) is 15.9. The van der Waals surface area contributed by atoms with Crippen molar-refractivity contribution in [2.75, 3.05) is 6.61 Å². The van der Waals surface area contributed by atoms with Crippen molar-refractivity contribution in [2.24, 2.45) is 0 Å². The Hall–Kier alpha value is -7.78. The lowest BCUT2D eigenvalue weighted by Gasteiger charge is -2.42. The number of ether oxygens (including phenoxy) is 5. The lowest BCUT2D eigenvalue weighted by Crippen LogP contribution is -2.62. The highest BCUT2D eigenvalue weighted by molar-refractivity contribution is 5.93. The Labute approximate surface area is 317 Å². The molecule has 1 aliphatic heterocycles. The summed E-state index contributed by atoms with van der Waals surface area (Å²) in [7, 11) is 0. The van der Waals surface area contributed by atoms with E-state index in [9.17, 15) is 80.5 Å². The van der Waals surface area contributed by atoms with Crippen LogP contribution in [0.15, 0.2) is 60.7 Å². The number of phenolic OH excluding ortho intramolecular Hbond substituents is 11. The van der Waals surface area contributed by atoms with Gasteiger partial charge in [-0.3, -0.25) is 0 Å². The van der Waals surface area contributed by atoms with E-state index in [1.54, 1.807) is 0 Å². The second kappa shape index (κ2) is 16.3. The first-order valence-corrected chi connectivity index (χ1v) is 15.9. The van der Waals surface area contributed by atoms with Gasteiger partial charge in [-0.1, -0.05) is 6.07 Å². The monoisotopic (exact) mass is 798 g/mol. The number of aliphatic hydroxyl groups is 1. The number of aromatic hydroxyl groups is 11. The molecule has 0 amide bonds. The fraction of sp³-hybridized carbons (Fsp3) is 0.167. The Morgan fingerprint density at radius 2 is 0.982 bits per heavy atom. The number of aliphatic hydroxyl groups excluding tert-OH is 1. The summed E-state index contributed by atoms with van der Waals surface area (Å²) in [6.07, 6.45) is -8.87. The molecule has 21 nitrogen and oxygen atoms in total. The van der Waals surface area contributed by atoms with Crippen LogP contribution in [-0.4, -0.2) is 122 Å². The minimum absolute atomic E-state index is 0.175. The Kier molecular flexibility index (Phi) is 11.6. The molecule has 1 saturated heterocycles. The van der Waals surface area contributed by atoms with Gasteiger partial charge in [-0.2, -0.15) is 0 Å². The summed E-state index contributed by atoms with van der Waals surface area (Å²) in [6.45, 7) is -1.05. The molecule has 1 fully saturated rings. The van der Waals surface area contributed by atoms with E-state index in [1.165, 1.54) is 6.07 Å². The maximum atomic E-state index is 13.4. The minimum Gasteiger partial charge on any atom is -0.504 e. The van der Waals surface area contributed by atoms with E-state index in [0.717, 1.165) is 24.3 Å². The van der Waals surface area contributed by atoms with Crippen LogP contribution in [0.1, 0.15) is 36.6 Å². The fourth-order valence-corrected chi connectivity index (χ4v) is 5.16. The van der Waals surface area contributed by atoms with Crippen molar-refractivity contribution in [1.82, 2.24) is 0 Å². The predicted octanol–water partition coefficient (Wildman–Crippen LogP) is 1.40. The van der Waals surface area contributed by atoms with Crippen LogP contribution in [0.4, 0.5) is 0 Å². The normalized spacial score (nSPS) is 19.1. The molecule has 1 aliphatic rings. The second-order valence-corrected chi connectivity index (χ2v) is 12.0. The van der Waals surface area contributed by atoms with E-state index < -0.39 is 141 Å². The number of carbonyl (C=O) groups is 4. The van der Waals surface area contributed by atoms with Gasteiger partial charge in [0.15, 0.2) is 81.6 Å². The average molecular weight is 799 g/mol. The van der Waals surface area contributed by atoms with Crippen LogP contribution in [-0.2, 0) is 28.5 Å². The Bertz CT molecular complexity index is 2200. The number of hydrogen-bond acceptors (Lipinski definition) is 21. The molecular formula is C36H30O21. The number of benzene rings is 4. The summed E-state index contributed by atoms with van der Waals surface area (Å²) in [4.78, 5) is 52.7. The van der Waals surface area contributed by atoms with Crippen LogP contribution < -0.4 is 0 Å². The van der Waals surface area contributed by atoms with Crippen molar-refractivity contribution >= 4 is 30.0 Å². The molecule has 0 bridgehead atoms. The number of hydrogen-bond donors (Lipinski definition) is 12. The van der Waals surface area contributed by atoms with Crippen LogP contribution in [0.2, 0.25) is 0 Å². The molecule has 5 unspecified atom stereocenters. The van der Waals surface area contributed by atoms with Crippen molar-refractivity contribution in [2.45, 2.75) is 30.7 Å². The minimum atomic E-state index is -2.32. The number of carbonyl (C=O) groups excluding carboxylic acids is 4. The third-order valence-corrected chi connectivity index (χ3v) is 8.04. The van der Waals surface area contributed by atoms with E-state index in [0.29, 0.717) is 36.4 Å². The Morgan fingerprint density at radius 1 is 0.544 bits per heavy atom. The third-order valence-electron chi connectivity index (χ3n) is 8.04. The molecule has 57 heavy (non-hydrogen) atoms. The second-order valence-electron chi connectivity index (χ2n) is 12.0. The van der Waals surface area contributed by atoms with Crippen molar-refractivity contribution in [3.63, 3.8) is 0 Å². The zero-order valence-electron chi connectivity index (χ0n) is 28.5. The van der Waals surface area contributed by atoms with E-state index in [4.69, 9.17) is 23.7 Å². The highest BCUT2D eigenvalue weighted by atomic mass is 16.7. The molecule has 5 rings (SSSR count). The van der Waals surface area contributed by atoms with Gasteiger partial charge in [-0.05, 0) is 60.2 Å². The molecule has 21 heteroatoms. The molecule has 0 aromatic heterocycles. The van der Waals surface area contributed by atoms with E-state index in [2.05, 4.69) is 0 Å². The summed E-state index contributed by atoms with van der Waals surface area (Å²) in [6, 6.07) is 7.43. The lowest BCUT2D eigenvalue weighted by atomic mass is 9.98. The van der Waals surface area contributed by atoms with Gasteiger partial charge < -0.3 is 85.0 Å². The van der Waals surface area contributed by atoms with Gasteiger partial charge in [-0.15, -0.1) is 0 Å². The van der Waals surface area contributed by atoms with E-state index >= 15 is 0 Å². The summed E-state index contributed by atoms with van der Waals surface area (Å²) in [5.74, 6) is -15.4. The topological polar surface area (TPSA) is 357 Å². The number of phenols is 11. The van der Waals surface area contributed by atoms with Crippen molar-refractivity contribution < 1.29 is 104 Å². The third kappa shape index (κ3) is 8.96. The average Bonchev–Trinajstić information content (AvgIpc) is 3.16. The first kappa shape index (κ1) is 40.4. The molecule has 0 saturated carbocycles. The molecule has 4 aromatic carbocycles. The maximum absolute atomic E-state index is 13.4. The van der Waals surface area contributed by atoms with Gasteiger partial charge in [0.25, 0.3) is 0 Å². The largest absolute Gasteiger partial charge is 0.504 e. The molecule has 4 aromatic rings. The molecule has 5 atom stereocenters. The first-order chi connectivity index (χ1) is 26.8. The predicted molar refractivity (Wildman–Crippen MR) is 183 cm³/mol. The fourth-order valence-electron chi connectivity index (χ4n) is 5.16. The van der Waals surface area contributed by atoms with Gasteiger partial charge in [-0.25, -0.2) is 19.2 Å². The van der Waals surface area contributed by atoms with Crippen molar-refractivity contribution in [3.05, 3.63) is 82.9 Å². The summed E-state index contributed by atoms with van der Waals surface area (Å²) in [5.41, 5.74) is -1.69. The molecule has 0 spiro atoms. The van der Waals surface area contributed by atoms with Crippen molar-refractivity contribution in [1.29, 1.82) is 0 Å². The SMILES string of the molecule is O=C(C=Cc1ccc(O)c(O)c1)OC1OC(COC(=O)c2cc(O)c(O)c(O)c2)C(OC(=O)c2cc(O)c(O)c(O)c2)C(OC(=O)c2cc(O)c(O)c(O)c2)C1O. The molecule has 0 radical (unpaired) electrons. The quantitative estimate of drug-likeness (QED) is 0.0467. The van der Waals surface area contributed by atoms with Gasteiger partial charge in [0.05, 0.1) is 16.7 Å². The highest BCUT2D eigenvalue weighted by Crippen LogP contribution is 2.39. The summed E-state index contributed by atoms with van der Waals surface area (Å²) >= 11 is 0.